The van der Waals surface area contributed by atoms with E-state index < -0.39 is 0 Å². The Kier molecular flexibility index (Phi) is 4.37. The lowest BCUT2D eigenvalue weighted by atomic mass is 10.1. The maximum atomic E-state index is 12.4. The Morgan fingerprint density at radius 1 is 1.17 bits per heavy atom. The molecule has 0 radical (unpaired) electrons. The van der Waals surface area contributed by atoms with Crippen molar-refractivity contribution in [3.63, 3.8) is 0 Å². The standard InChI is InChI=1S/C18H19N3O3/c1-11(12-6-7-16(23-2)17(9-12)24-3)20-18(22)15-10-14-13(21-15)5-4-8-19-14/h4-11,21H,1-3H3,(H,20,22). The summed E-state index contributed by atoms with van der Waals surface area (Å²) in [6, 6.07) is 10.9. The topological polar surface area (TPSA) is 76.2 Å². The van der Waals surface area contributed by atoms with Gasteiger partial charge < -0.3 is 19.8 Å². The Bertz CT molecular complexity index is 840. The number of carbonyl (C=O) groups is 1. The van der Waals surface area contributed by atoms with E-state index in [2.05, 4.69) is 15.3 Å². The molecule has 1 unspecified atom stereocenters. The maximum absolute atomic E-state index is 12.4. The van der Waals surface area contributed by atoms with Crippen molar-refractivity contribution >= 4 is 16.9 Å². The highest BCUT2D eigenvalue weighted by molar-refractivity contribution is 5.97. The van der Waals surface area contributed by atoms with Gasteiger partial charge in [-0.05, 0) is 42.8 Å². The maximum Gasteiger partial charge on any atom is 0.268 e. The minimum atomic E-state index is -0.185. The van der Waals surface area contributed by atoms with E-state index in [-0.39, 0.29) is 11.9 Å². The van der Waals surface area contributed by atoms with Gasteiger partial charge in [-0.1, -0.05) is 6.07 Å². The van der Waals surface area contributed by atoms with Crippen LogP contribution in [0.1, 0.15) is 29.0 Å². The van der Waals surface area contributed by atoms with E-state index in [1.165, 1.54) is 0 Å². The number of aromatic amines is 1. The molecule has 2 aromatic heterocycles. The van der Waals surface area contributed by atoms with Gasteiger partial charge in [0.2, 0.25) is 0 Å². The van der Waals surface area contributed by atoms with Crippen LogP contribution in [0, 0.1) is 0 Å². The van der Waals surface area contributed by atoms with Gasteiger partial charge >= 0.3 is 0 Å². The molecule has 0 saturated carbocycles. The summed E-state index contributed by atoms with van der Waals surface area (Å²) < 4.78 is 10.5. The van der Waals surface area contributed by atoms with Crippen molar-refractivity contribution in [2.45, 2.75) is 13.0 Å². The van der Waals surface area contributed by atoms with E-state index in [9.17, 15) is 4.79 Å². The molecule has 1 aromatic carbocycles. The first kappa shape index (κ1) is 15.9. The minimum Gasteiger partial charge on any atom is -0.493 e. The molecular formula is C18H19N3O3. The van der Waals surface area contributed by atoms with Crippen LogP contribution in [0.5, 0.6) is 11.5 Å². The van der Waals surface area contributed by atoms with E-state index in [0.29, 0.717) is 17.2 Å². The van der Waals surface area contributed by atoms with Crippen molar-refractivity contribution in [2.75, 3.05) is 14.2 Å². The van der Waals surface area contributed by atoms with Gasteiger partial charge in [0.25, 0.3) is 5.91 Å². The van der Waals surface area contributed by atoms with Gasteiger partial charge in [0.05, 0.1) is 31.3 Å². The molecule has 6 nitrogen and oxygen atoms in total. The lowest BCUT2D eigenvalue weighted by Crippen LogP contribution is -2.26. The van der Waals surface area contributed by atoms with Gasteiger partial charge in [0, 0.05) is 6.20 Å². The average Bonchev–Trinajstić information content (AvgIpc) is 3.05. The molecule has 24 heavy (non-hydrogen) atoms. The van der Waals surface area contributed by atoms with E-state index in [1.807, 2.05) is 37.3 Å². The summed E-state index contributed by atoms with van der Waals surface area (Å²) in [5.74, 6) is 1.10. The number of benzene rings is 1. The second-order valence-corrected chi connectivity index (χ2v) is 5.43. The van der Waals surface area contributed by atoms with Crippen LogP contribution in [0.15, 0.2) is 42.6 Å². The lowest BCUT2D eigenvalue weighted by molar-refractivity contribution is 0.0935. The van der Waals surface area contributed by atoms with Crippen LogP contribution in [0.25, 0.3) is 11.0 Å². The van der Waals surface area contributed by atoms with E-state index in [4.69, 9.17) is 9.47 Å². The Hall–Kier alpha value is -3.02. The van der Waals surface area contributed by atoms with Crippen LogP contribution in [-0.4, -0.2) is 30.1 Å². The summed E-state index contributed by atoms with van der Waals surface area (Å²) in [7, 11) is 3.18. The monoisotopic (exact) mass is 325 g/mol. The van der Waals surface area contributed by atoms with Crippen molar-refractivity contribution in [1.29, 1.82) is 0 Å². The number of hydrogen-bond donors (Lipinski definition) is 2. The number of pyridine rings is 1. The first-order chi connectivity index (χ1) is 11.6. The molecule has 0 aliphatic carbocycles. The Balaban J connectivity index is 1.78. The zero-order chi connectivity index (χ0) is 17.1. The van der Waals surface area contributed by atoms with Crippen LogP contribution in [-0.2, 0) is 0 Å². The van der Waals surface area contributed by atoms with Gasteiger partial charge in [-0.25, -0.2) is 0 Å². The molecule has 1 amide bonds. The highest BCUT2D eigenvalue weighted by atomic mass is 16.5. The van der Waals surface area contributed by atoms with E-state index in [1.54, 1.807) is 26.5 Å². The molecule has 3 rings (SSSR count). The van der Waals surface area contributed by atoms with Gasteiger partial charge in [0.15, 0.2) is 11.5 Å². The Morgan fingerprint density at radius 3 is 2.67 bits per heavy atom. The third-order valence-corrected chi connectivity index (χ3v) is 3.89. The van der Waals surface area contributed by atoms with Crippen molar-refractivity contribution < 1.29 is 14.3 Å². The SMILES string of the molecule is COc1ccc(C(C)NC(=O)c2cc3ncccc3[nH]2)cc1OC. The first-order valence-electron chi connectivity index (χ1n) is 7.59. The van der Waals surface area contributed by atoms with Crippen molar-refractivity contribution in [3.05, 3.63) is 53.9 Å². The highest BCUT2D eigenvalue weighted by Gasteiger charge is 2.15. The van der Waals surface area contributed by atoms with Crippen LogP contribution < -0.4 is 14.8 Å². The normalized spacial score (nSPS) is 12.0. The molecule has 0 saturated heterocycles. The predicted molar refractivity (Wildman–Crippen MR) is 91.5 cm³/mol. The van der Waals surface area contributed by atoms with Crippen LogP contribution in [0.4, 0.5) is 0 Å². The van der Waals surface area contributed by atoms with Crippen molar-refractivity contribution in [2.24, 2.45) is 0 Å². The number of methoxy groups -OCH3 is 2. The summed E-state index contributed by atoms with van der Waals surface area (Å²) >= 11 is 0. The quantitative estimate of drug-likeness (QED) is 0.756. The molecule has 0 fully saturated rings. The summed E-state index contributed by atoms with van der Waals surface area (Å²) in [6.45, 7) is 1.92. The molecule has 2 heterocycles. The van der Waals surface area contributed by atoms with E-state index >= 15 is 0 Å². The molecular weight excluding hydrogens is 306 g/mol. The fraction of sp³-hybridized carbons (Fsp3) is 0.222. The molecule has 6 heteroatoms. The largest absolute Gasteiger partial charge is 0.493 e. The molecule has 1 atom stereocenters. The molecule has 2 N–H and O–H groups in total. The fourth-order valence-corrected chi connectivity index (χ4v) is 2.56. The zero-order valence-corrected chi connectivity index (χ0v) is 13.8. The van der Waals surface area contributed by atoms with Crippen LogP contribution >= 0.6 is 0 Å². The average molecular weight is 325 g/mol. The number of amides is 1. The Morgan fingerprint density at radius 2 is 1.96 bits per heavy atom. The number of rotatable bonds is 5. The number of hydrogen-bond acceptors (Lipinski definition) is 4. The molecule has 0 spiro atoms. The van der Waals surface area contributed by atoms with Gasteiger partial charge in [0.1, 0.15) is 5.69 Å². The molecule has 0 bridgehead atoms. The van der Waals surface area contributed by atoms with Crippen LogP contribution in [0.2, 0.25) is 0 Å². The third kappa shape index (κ3) is 3.03. The molecule has 3 aromatic rings. The smallest absolute Gasteiger partial charge is 0.268 e. The zero-order valence-electron chi connectivity index (χ0n) is 13.8. The third-order valence-electron chi connectivity index (χ3n) is 3.89. The minimum absolute atomic E-state index is 0.184. The first-order valence-corrected chi connectivity index (χ1v) is 7.59. The highest BCUT2D eigenvalue weighted by Crippen LogP contribution is 2.30. The summed E-state index contributed by atoms with van der Waals surface area (Å²) in [5.41, 5.74) is 3.01. The van der Waals surface area contributed by atoms with Gasteiger partial charge in [-0.3, -0.25) is 9.78 Å². The number of aromatic nitrogens is 2. The Labute approximate surface area is 139 Å². The summed E-state index contributed by atoms with van der Waals surface area (Å²) in [5, 5.41) is 2.97. The summed E-state index contributed by atoms with van der Waals surface area (Å²) in [6.07, 6.45) is 1.70. The summed E-state index contributed by atoms with van der Waals surface area (Å²) in [4.78, 5) is 19.7. The lowest BCUT2D eigenvalue weighted by Gasteiger charge is -2.16. The molecule has 0 aliphatic heterocycles. The number of nitrogens with one attached hydrogen (secondary N) is 2. The second kappa shape index (κ2) is 6.62. The van der Waals surface area contributed by atoms with Crippen molar-refractivity contribution in [3.8, 4) is 11.5 Å². The fourth-order valence-electron chi connectivity index (χ4n) is 2.56. The number of carbonyl (C=O) groups excluding carboxylic acids is 1. The predicted octanol–water partition coefficient (Wildman–Crippen LogP) is 3.07. The number of H-pyrrole nitrogens is 1. The number of fused-ring (bicyclic) bond motifs is 1. The van der Waals surface area contributed by atoms with E-state index in [0.717, 1.165) is 16.6 Å². The molecule has 0 aliphatic rings. The van der Waals surface area contributed by atoms with Gasteiger partial charge in [-0.2, -0.15) is 0 Å². The number of ether oxygens (including phenoxy) is 2. The van der Waals surface area contributed by atoms with Gasteiger partial charge in [-0.15, -0.1) is 0 Å². The second-order valence-electron chi connectivity index (χ2n) is 5.43. The molecule has 124 valence electrons. The number of nitrogens with zero attached hydrogens (tertiary/aromatic N) is 1. The van der Waals surface area contributed by atoms with Crippen molar-refractivity contribution in [1.82, 2.24) is 15.3 Å². The van der Waals surface area contributed by atoms with Crippen LogP contribution in [0.3, 0.4) is 0 Å².